The lowest BCUT2D eigenvalue weighted by molar-refractivity contribution is 0.0950. The Morgan fingerprint density at radius 3 is 2.65 bits per heavy atom. The summed E-state index contributed by atoms with van der Waals surface area (Å²) in [6.45, 7) is 4.06. The summed E-state index contributed by atoms with van der Waals surface area (Å²) in [5, 5.41) is 6.89. The van der Waals surface area contributed by atoms with Gasteiger partial charge in [-0.15, -0.1) is 0 Å². The third-order valence-corrected chi connectivity index (χ3v) is 4.54. The fourth-order valence-electron chi connectivity index (χ4n) is 2.77. The molecule has 0 saturated carbocycles. The first-order valence-corrected chi connectivity index (χ1v) is 8.60. The molecular formula is C20H18ClFN2O2. The van der Waals surface area contributed by atoms with Gasteiger partial charge < -0.3 is 9.84 Å². The number of halogens is 2. The predicted octanol–water partition coefficient (Wildman–Crippen LogP) is 4.98. The van der Waals surface area contributed by atoms with E-state index in [1.54, 1.807) is 13.0 Å². The average molecular weight is 373 g/mol. The number of aryl methyl sites for hydroxylation is 1. The number of carbonyl (C=O) groups excluding carboxylic acids is 1. The van der Waals surface area contributed by atoms with E-state index in [2.05, 4.69) is 10.5 Å². The van der Waals surface area contributed by atoms with Gasteiger partial charge in [0.15, 0.2) is 0 Å². The largest absolute Gasteiger partial charge is 0.360 e. The molecule has 0 radical (unpaired) electrons. The molecule has 6 heteroatoms. The van der Waals surface area contributed by atoms with E-state index in [1.807, 2.05) is 37.3 Å². The number of hydrogen-bond donors (Lipinski definition) is 1. The maximum atomic E-state index is 14.2. The number of hydrogen-bond acceptors (Lipinski definition) is 3. The molecule has 1 heterocycles. The molecule has 0 fully saturated rings. The highest BCUT2D eigenvalue weighted by Gasteiger charge is 2.25. The van der Waals surface area contributed by atoms with Gasteiger partial charge in [-0.2, -0.15) is 0 Å². The normalized spacial score (nSPS) is 12.0. The molecule has 0 saturated heterocycles. The van der Waals surface area contributed by atoms with Crippen LogP contribution in [0, 0.1) is 12.7 Å². The third kappa shape index (κ3) is 3.63. The van der Waals surface area contributed by atoms with Gasteiger partial charge in [0.2, 0.25) is 0 Å². The van der Waals surface area contributed by atoms with Gasteiger partial charge in [0.25, 0.3) is 5.91 Å². The minimum Gasteiger partial charge on any atom is -0.360 e. The summed E-state index contributed by atoms with van der Waals surface area (Å²) in [4.78, 5) is 12.7. The van der Waals surface area contributed by atoms with Gasteiger partial charge in [-0.05, 0) is 30.5 Å². The van der Waals surface area contributed by atoms with E-state index < -0.39 is 5.82 Å². The first-order chi connectivity index (χ1) is 12.5. The minimum atomic E-state index is -0.558. The molecular weight excluding hydrogens is 355 g/mol. The molecule has 3 rings (SSSR count). The van der Waals surface area contributed by atoms with E-state index in [1.165, 1.54) is 12.1 Å². The summed E-state index contributed by atoms with van der Waals surface area (Å²) >= 11 is 6.10. The van der Waals surface area contributed by atoms with Gasteiger partial charge in [0.05, 0.1) is 10.6 Å². The molecule has 0 spiro atoms. The van der Waals surface area contributed by atoms with Crippen molar-refractivity contribution >= 4 is 17.5 Å². The molecule has 4 nitrogen and oxygen atoms in total. The summed E-state index contributed by atoms with van der Waals surface area (Å²) in [5.74, 6) is -0.497. The lowest BCUT2D eigenvalue weighted by Crippen LogP contribution is -2.28. The molecule has 26 heavy (non-hydrogen) atoms. The Balaban J connectivity index is 1.84. The number of benzene rings is 2. The van der Waals surface area contributed by atoms with Crippen LogP contribution in [-0.2, 0) is 0 Å². The van der Waals surface area contributed by atoms with Crippen LogP contribution in [0.25, 0.3) is 11.3 Å². The Bertz CT molecular complexity index is 905. The van der Waals surface area contributed by atoms with E-state index in [4.69, 9.17) is 16.1 Å². The van der Waals surface area contributed by atoms with Crippen molar-refractivity contribution in [3.8, 4) is 11.3 Å². The highest BCUT2D eigenvalue weighted by atomic mass is 35.5. The SMILES string of the molecule is Cc1onc(-c2c(F)cccc2Cl)c1C(=O)NCC(C)c1ccccc1. The Morgan fingerprint density at radius 1 is 1.23 bits per heavy atom. The minimum absolute atomic E-state index is 0.0623. The lowest BCUT2D eigenvalue weighted by Gasteiger charge is -2.13. The zero-order chi connectivity index (χ0) is 18.7. The zero-order valence-corrected chi connectivity index (χ0v) is 15.2. The van der Waals surface area contributed by atoms with Crippen molar-refractivity contribution < 1.29 is 13.7 Å². The molecule has 0 aliphatic carbocycles. The van der Waals surface area contributed by atoms with E-state index in [0.717, 1.165) is 5.56 Å². The van der Waals surface area contributed by atoms with Gasteiger partial charge >= 0.3 is 0 Å². The number of aromatic nitrogens is 1. The molecule has 0 aliphatic rings. The zero-order valence-electron chi connectivity index (χ0n) is 14.4. The number of nitrogens with zero attached hydrogens (tertiary/aromatic N) is 1. The van der Waals surface area contributed by atoms with Gasteiger partial charge in [0.1, 0.15) is 22.8 Å². The van der Waals surface area contributed by atoms with E-state index in [9.17, 15) is 9.18 Å². The van der Waals surface area contributed by atoms with Crippen molar-refractivity contribution in [1.29, 1.82) is 0 Å². The van der Waals surface area contributed by atoms with Crippen molar-refractivity contribution in [3.63, 3.8) is 0 Å². The fourth-order valence-corrected chi connectivity index (χ4v) is 3.02. The van der Waals surface area contributed by atoms with Gasteiger partial charge in [-0.1, -0.05) is 60.1 Å². The maximum absolute atomic E-state index is 14.2. The maximum Gasteiger partial charge on any atom is 0.257 e. The van der Waals surface area contributed by atoms with Gasteiger partial charge in [0, 0.05) is 6.54 Å². The second-order valence-corrected chi connectivity index (χ2v) is 6.49. The predicted molar refractivity (Wildman–Crippen MR) is 98.8 cm³/mol. The second-order valence-electron chi connectivity index (χ2n) is 6.08. The molecule has 1 amide bonds. The average Bonchev–Trinajstić information content (AvgIpc) is 3.01. The van der Waals surface area contributed by atoms with Crippen LogP contribution in [-0.4, -0.2) is 17.6 Å². The van der Waals surface area contributed by atoms with Crippen LogP contribution in [0.3, 0.4) is 0 Å². The highest BCUT2D eigenvalue weighted by molar-refractivity contribution is 6.33. The number of rotatable bonds is 5. The van der Waals surface area contributed by atoms with Crippen LogP contribution in [0.4, 0.5) is 4.39 Å². The van der Waals surface area contributed by atoms with E-state index in [-0.39, 0.29) is 33.7 Å². The highest BCUT2D eigenvalue weighted by Crippen LogP contribution is 2.33. The Hall–Kier alpha value is -2.66. The van der Waals surface area contributed by atoms with Crippen molar-refractivity contribution in [2.75, 3.05) is 6.54 Å². The van der Waals surface area contributed by atoms with Crippen LogP contribution in [0.15, 0.2) is 53.1 Å². The van der Waals surface area contributed by atoms with Crippen LogP contribution in [0.5, 0.6) is 0 Å². The molecule has 1 N–H and O–H groups in total. The Labute approximate surface area is 156 Å². The quantitative estimate of drug-likeness (QED) is 0.687. The van der Waals surface area contributed by atoms with Crippen molar-refractivity contribution in [3.05, 3.63) is 76.3 Å². The van der Waals surface area contributed by atoms with Crippen LogP contribution in [0.2, 0.25) is 5.02 Å². The molecule has 0 bridgehead atoms. The van der Waals surface area contributed by atoms with Crippen molar-refractivity contribution in [2.45, 2.75) is 19.8 Å². The molecule has 0 aliphatic heterocycles. The van der Waals surface area contributed by atoms with Crippen LogP contribution in [0.1, 0.15) is 34.5 Å². The van der Waals surface area contributed by atoms with Gasteiger partial charge in [-0.3, -0.25) is 4.79 Å². The summed E-state index contributed by atoms with van der Waals surface area (Å²) in [6, 6.07) is 14.2. The summed E-state index contributed by atoms with van der Waals surface area (Å²) < 4.78 is 19.4. The van der Waals surface area contributed by atoms with Crippen LogP contribution < -0.4 is 5.32 Å². The lowest BCUT2D eigenvalue weighted by atomic mass is 10.0. The summed E-state index contributed by atoms with van der Waals surface area (Å²) in [5.41, 5.74) is 1.48. The molecule has 3 aromatic rings. The Kier molecular flexibility index (Phi) is 5.38. The molecule has 1 aromatic heterocycles. The first kappa shape index (κ1) is 18.1. The second kappa shape index (κ2) is 7.70. The molecule has 1 atom stereocenters. The van der Waals surface area contributed by atoms with Crippen molar-refractivity contribution in [1.82, 2.24) is 10.5 Å². The number of nitrogens with one attached hydrogen (secondary N) is 1. The summed E-state index contributed by atoms with van der Waals surface area (Å²) in [7, 11) is 0. The molecule has 2 aromatic carbocycles. The number of carbonyl (C=O) groups is 1. The summed E-state index contributed by atoms with van der Waals surface area (Å²) in [6.07, 6.45) is 0. The van der Waals surface area contributed by atoms with Gasteiger partial charge in [-0.25, -0.2) is 4.39 Å². The van der Waals surface area contributed by atoms with Crippen molar-refractivity contribution in [2.24, 2.45) is 0 Å². The van der Waals surface area contributed by atoms with Crippen LogP contribution >= 0.6 is 11.6 Å². The van der Waals surface area contributed by atoms with E-state index in [0.29, 0.717) is 12.3 Å². The molecule has 134 valence electrons. The topological polar surface area (TPSA) is 55.1 Å². The smallest absolute Gasteiger partial charge is 0.257 e. The third-order valence-electron chi connectivity index (χ3n) is 4.23. The Morgan fingerprint density at radius 2 is 1.96 bits per heavy atom. The fraction of sp³-hybridized carbons (Fsp3) is 0.200. The van der Waals surface area contributed by atoms with E-state index >= 15 is 0 Å². The standard InChI is InChI=1S/C20H18ClFN2O2/c1-12(14-7-4-3-5-8-14)11-23-20(25)17-13(2)26-24-19(17)18-15(21)9-6-10-16(18)22/h3-10,12H,11H2,1-2H3,(H,23,25). The first-order valence-electron chi connectivity index (χ1n) is 8.22. The monoisotopic (exact) mass is 372 g/mol. The molecule has 1 unspecified atom stereocenters. The number of amides is 1.